The van der Waals surface area contributed by atoms with Gasteiger partial charge in [-0.2, -0.15) is 0 Å². The van der Waals surface area contributed by atoms with Gasteiger partial charge in [0.05, 0.1) is 22.4 Å². The molecule has 2 aromatic heterocycles. The molecule has 1 N–H and O–H groups in total. The Kier molecular flexibility index (Phi) is 3.18. The van der Waals surface area contributed by atoms with Gasteiger partial charge in [0.25, 0.3) is 0 Å². The number of aryl methyl sites for hydroxylation is 1. The van der Waals surface area contributed by atoms with Crippen LogP contribution in [0.4, 0.5) is 5.82 Å². The van der Waals surface area contributed by atoms with Gasteiger partial charge in [-0.25, -0.2) is 9.97 Å². The van der Waals surface area contributed by atoms with Crippen molar-refractivity contribution >= 4 is 27.4 Å². The monoisotopic (exact) mass is 263 g/mol. The van der Waals surface area contributed by atoms with Gasteiger partial charge in [0.2, 0.25) is 0 Å². The first kappa shape index (κ1) is 11.9. The molecule has 2 unspecified atom stereocenters. The lowest BCUT2D eigenvalue weighted by molar-refractivity contribution is 0.0996. The Bertz CT molecular complexity index is 548. The van der Waals surface area contributed by atoms with Crippen LogP contribution in [-0.2, 0) is 4.74 Å². The third kappa shape index (κ3) is 2.08. The third-order valence-electron chi connectivity index (χ3n) is 3.42. The van der Waals surface area contributed by atoms with E-state index in [0.717, 1.165) is 35.5 Å². The number of ether oxygens (including phenoxy) is 1. The molecule has 0 aromatic carbocycles. The van der Waals surface area contributed by atoms with Crippen molar-refractivity contribution < 1.29 is 4.74 Å². The number of fused-ring (bicyclic) bond motifs is 1. The van der Waals surface area contributed by atoms with Crippen LogP contribution in [-0.4, -0.2) is 28.7 Å². The highest BCUT2D eigenvalue weighted by molar-refractivity contribution is 7.18. The first-order valence-electron chi connectivity index (χ1n) is 6.32. The molecule has 96 valence electrons. The summed E-state index contributed by atoms with van der Waals surface area (Å²) in [5.74, 6) is 0.932. The quantitative estimate of drug-likeness (QED) is 0.924. The van der Waals surface area contributed by atoms with Gasteiger partial charge in [-0.3, -0.25) is 0 Å². The van der Waals surface area contributed by atoms with Crippen LogP contribution in [0, 0.1) is 6.92 Å². The van der Waals surface area contributed by atoms with Crippen molar-refractivity contribution in [2.45, 2.75) is 38.8 Å². The normalized spacial score (nSPS) is 21.3. The molecule has 4 nitrogen and oxygen atoms in total. The molecule has 0 amide bonds. The highest BCUT2D eigenvalue weighted by Crippen LogP contribution is 2.29. The predicted octanol–water partition coefficient (Wildman–Crippen LogP) is 2.98. The predicted molar refractivity (Wildman–Crippen MR) is 74.2 cm³/mol. The summed E-state index contributed by atoms with van der Waals surface area (Å²) < 4.78 is 6.84. The maximum atomic E-state index is 5.70. The van der Waals surface area contributed by atoms with Gasteiger partial charge in [-0.05, 0) is 37.6 Å². The molecule has 2 aromatic rings. The second-order valence-corrected chi connectivity index (χ2v) is 5.68. The van der Waals surface area contributed by atoms with Crippen LogP contribution in [0.1, 0.15) is 25.3 Å². The van der Waals surface area contributed by atoms with Crippen molar-refractivity contribution in [3.05, 3.63) is 17.3 Å². The summed E-state index contributed by atoms with van der Waals surface area (Å²) in [5.41, 5.74) is 2.27. The highest BCUT2D eigenvalue weighted by Gasteiger charge is 2.23. The van der Waals surface area contributed by atoms with Crippen LogP contribution in [0.2, 0.25) is 0 Å². The Balaban J connectivity index is 1.85. The average Bonchev–Trinajstić information content (AvgIpc) is 3.00. The zero-order valence-corrected chi connectivity index (χ0v) is 11.5. The number of hydrogen-bond acceptors (Lipinski definition) is 5. The average molecular weight is 263 g/mol. The molecule has 3 rings (SSSR count). The van der Waals surface area contributed by atoms with Crippen molar-refractivity contribution in [3.8, 4) is 0 Å². The lowest BCUT2D eigenvalue weighted by Crippen LogP contribution is -2.30. The summed E-state index contributed by atoms with van der Waals surface area (Å²) in [6.45, 7) is 5.12. The van der Waals surface area contributed by atoms with Crippen molar-refractivity contribution in [2.75, 3.05) is 11.9 Å². The van der Waals surface area contributed by atoms with Crippen LogP contribution >= 0.6 is 11.3 Å². The van der Waals surface area contributed by atoms with E-state index < -0.39 is 0 Å². The third-order valence-corrected chi connectivity index (χ3v) is 4.51. The summed E-state index contributed by atoms with van der Waals surface area (Å²) in [6, 6.07) is 0.285. The van der Waals surface area contributed by atoms with E-state index in [2.05, 4.69) is 34.5 Å². The van der Waals surface area contributed by atoms with Gasteiger partial charge in [0.15, 0.2) is 0 Å². The molecule has 1 aliphatic rings. The van der Waals surface area contributed by atoms with E-state index in [4.69, 9.17) is 4.74 Å². The van der Waals surface area contributed by atoms with E-state index >= 15 is 0 Å². The van der Waals surface area contributed by atoms with Gasteiger partial charge in [-0.15, -0.1) is 11.3 Å². The Morgan fingerprint density at radius 2 is 2.39 bits per heavy atom. The van der Waals surface area contributed by atoms with Crippen LogP contribution in [0.3, 0.4) is 0 Å². The molecule has 0 bridgehead atoms. The zero-order valence-electron chi connectivity index (χ0n) is 10.6. The number of thiophene rings is 1. The molecule has 2 atom stereocenters. The molecule has 1 fully saturated rings. The Morgan fingerprint density at radius 1 is 1.50 bits per heavy atom. The second kappa shape index (κ2) is 4.82. The lowest BCUT2D eigenvalue weighted by Gasteiger charge is -2.20. The van der Waals surface area contributed by atoms with E-state index in [0.29, 0.717) is 6.10 Å². The van der Waals surface area contributed by atoms with E-state index in [9.17, 15) is 0 Å². The Hall–Kier alpha value is -1.20. The summed E-state index contributed by atoms with van der Waals surface area (Å²) in [5, 5.41) is 5.60. The number of anilines is 1. The maximum absolute atomic E-state index is 5.70. The minimum absolute atomic E-state index is 0.285. The minimum Gasteiger partial charge on any atom is -0.376 e. The van der Waals surface area contributed by atoms with Crippen molar-refractivity contribution in [1.82, 2.24) is 9.97 Å². The minimum atomic E-state index is 0.285. The number of aromatic nitrogens is 2. The van der Waals surface area contributed by atoms with E-state index in [1.165, 1.54) is 5.56 Å². The standard InChI is InChI=1S/C13H17N3OS/c1-8-6-18-12-11(8)14-7-15-13(12)16-9(2)10-4-3-5-17-10/h6-7,9-10H,3-5H2,1-2H3,(H,14,15,16). The largest absolute Gasteiger partial charge is 0.376 e. The van der Waals surface area contributed by atoms with Crippen LogP contribution in [0.15, 0.2) is 11.7 Å². The molecule has 0 radical (unpaired) electrons. The summed E-state index contributed by atoms with van der Waals surface area (Å²) in [7, 11) is 0. The Morgan fingerprint density at radius 3 is 3.17 bits per heavy atom. The number of hydrogen-bond donors (Lipinski definition) is 1. The first-order chi connectivity index (χ1) is 8.75. The molecule has 3 heterocycles. The molecule has 0 aliphatic carbocycles. The fraction of sp³-hybridized carbons (Fsp3) is 0.538. The van der Waals surface area contributed by atoms with Gasteiger partial charge >= 0.3 is 0 Å². The molecule has 1 saturated heterocycles. The van der Waals surface area contributed by atoms with Crippen LogP contribution in [0.25, 0.3) is 10.2 Å². The second-order valence-electron chi connectivity index (χ2n) is 4.80. The van der Waals surface area contributed by atoms with Gasteiger partial charge in [0.1, 0.15) is 12.1 Å². The summed E-state index contributed by atoms with van der Waals surface area (Å²) in [4.78, 5) is 8.70. The van der Waals surface area contributed by atoms with E-state index in [1.54, 1.807) is 17.7 Å². The van der Waals surface area contributed by atoms with Crippen LogP contribution < -0.4 is 5.32 Å². The fourth-order valence-electron chi connectivity index (χ4n) is 2.38. The first-order valence-corrected chi connectivity index (χ1v) is 7.20. The Labute approximate surface area is 110 Å². The zero-order chi connectivity index (χ0) is 12.5. The number of nitrogens with one attached hydrogen (secondary N) is 1. The van der Waals surface area contributed by atoms with E-state index in [1.807, 2.05) is 0 Å². The number of nitrogens with zero attached hydrogens (tertiary/aromatic N) is 2. The van der Waals surface area contributed by atoms with E-state index in [-0.39, 0.29) is 6.04 Å². The molecule has 1 aliphatic heterocycles. The topological polar surface area (TPSA) is 47.0 Å². The molecular formula is C13H17N3OS. The molecule has 0 saturated carbocycles. The SMILES string of the molecule is Cc1csc2c(NC(C)C3CCCO3)ncnc12. The molecule has 5 heteroatoms. The van der Waals surface area contributed by atoms with Gasteiger partial charge in [-0.1, -0.05) is 0 Å². The van der Waals surface area contributed by atoms with Crippen molar-refractivity contribution in [2.24, 2.45) is 0 Å². The summed E-state index contributed by atoms with van der Waals surface area (Å²) >= 11 is 1.70. The fourth-order valence-corrected chi connectivity index (χ4v) is 3.33. The summed E-state index contributed by atoms with van der Waals surface area (Å²) in [6.07, 6.45) is 4.22. The van der Waals surface area contributed by atoms with Crippen molar-refractivity contribution in [3.63, 3.8) is 0 Å². The lowest BCUT2D eigenvalue weighted by atomic mass is 10.1. The maximum Gasteiger partial charge on any atom is 0.147 e. The van der Waals surface area contributed by atoms with Gasteiger partial charge in [0, 0.05) is 6.61 Å². The molecule has 18 heavy (non-hydrogen) atoms. The smallest absolute Gasteiger partial charge is 0.147 e. The van der Waals surface area contributed by atoms with Crippen molar-refractivity contribution in [1.29, 1.82) is 0 Å². The number of rotatable bonds is 3. The molecular weight excluding hydrogens is 246 g/mol. The molecule has 0 spiro atoms. The van der Waals surface area contributed by atoms with Crippen LogP contribution in [0.5, 0.6) is 0 Å². The highest BCUT2D eigenvalue weighted by atomic mass is 32.1. The van der Waals surface area contributed by atoms with Gasteiger partial charge < -0.3 is 10.1 Å².